The molecule has 0 aromatic heterocycles. The Morgan fingerprint density at radius 1 is 1.40 bits per heavy atom. The Labute approximate surface area is 119 Å². The lowest BCUT2D eigenvalue weighted by Gasteiger charge is -2.15. The van der Waals surface area contributed by atoms with Gasteiger partial charge in [0.1, 0.15) is 0 Å². The van der Waals surface area contributed by atoms with Crippen molar-refractivity contribution in [1.29, 1.82) is 5.26 Å². The first-order valence-electron chi connectivity index (χ1n) is 6.97. The van der Waals surface area contributed by atoms with Crippen LogP contribution in [0.1, 0.15) is 36.8 Å². The van der Waals surface area contributed by atoms with Crippen LogP contribution < -0.4 is 4.72 Å². The molecule has 0 spiro atoms. The molecule has 2 aliphatic rings. The van der Waals surface area contributed by atoms with E-state index in [0.29, 0.717) is 17.7 Å². The largest absolute Gasteiger partial charge is 0.240 e. The lowest BCUT2D eigenvalue weighted by molar-refractivity contribution is 0.432. The van der Waals surface area contributed by atoms with Crippen LogP contribution in [-0.4, -0.2) is 15.0 Å². The summed E-state index contributed by atoms with van der Waals surface area (Å²) in [6.45, 7) is 2.31. The molecule has 0 bridgehead atoms. The van der Waals surface area contributed by atoms with Gasteiger partial charge in [-0.1, -0.05) is 0 Å². The Morgan fingerprint density at radius 2 is 2.10 bits per heavy atom. The predicted octanol–water partition coefficient (Wildman–Crippen LogP) is 2.34. The maximum absolute atomic E-state index is 12.3. The molecule has 1 aromatic rings. The number of rotatable bonds is 5. The van der Waals surface area contributed by atoms with Gasteiger partial charge in [0.25, 0.3) is 0 Å². The molecule has 0 atom stereocenters. The van der Waals surface area contributed by atoms with Crippen molar-refractivity contribution in [2.24, 2.45) is 11.3 Å². The smallest absolute Gasteiger partial charge is 0.211 e. The number of benzene rings is 1. The van der Waals surface area contributed by atoms with Crippen LogP contribution in [0.15, 0.2) is 23.1 Å². The highest BCUT2D eigenvalue weighted by Crippen LogP contribution is 2.60. The van der Waals surface area contributed by atoms with E-state index in [9.17, 15) is 8.42 Å². The summed E-state index contributed by atoms with van der Waals surface area (Å²) in [5.74, 6) is 0.730. The van der Waals surface area contributed by atoms with Gasteiger partial charge >= 0.3 is 0 Å². The van der Waals surface area contributed by atoms with E-state index >= 15 is 0 Å². The zero-order valence-electron chi connectivity index (χ0n) is 11.5. The van der Waals surface area contributed by atoms with Crippen molar-refractivity contribution in [3.63, 3.8) is 0 Å². The molecule has 0 radical (unpaired) electrons. The maximum atomic E-state index is 12.3. The fraction of sp³-hybridized carbons (Fsp3) is 0.533. The Bertz CT molecular complexity index is 680. The zero-order chi connectivity index (χ0) is 14.4. The van der Waals surface area contributed by atoms with Crippen LogP contribution in [0.5, 0.6) is 0 Å². The summed E-state index contributed by atoms with van der Waals surface area (Å²) in [5.41, 5.74) is 1.45. The second-order valence-electron chi connectivity index (χ2n) is 6.05. The molecule has 2 fully saturated rings. The summed E-state index contributed by atoms with van der Waals surface area (Å²) in [4.78, 5) is 0.251. The summed E-state index contributed by atoms with van der Waals surface area (Å²) < 4.78 is 27.4. The number of nitrogens with zero attached hydrogens (tertiary/aromatic N) is 1. The van der Waals surface area contributed by atoms with Crippen LogP contribution in [0, 0.1) is 29.6 Å². The molecule has 2 aliphatic carbocycles. The maximum Gasteiger partial charge on any atom is 0.240 e. The van der Waals surface area contributed by atoms with Crippen LogP contribution in [0.4, 0.5) is 0 Å². The van der Waals surface area contributed by atoms with Gasteiger partial charge in [0, 0.05) is 6.54 Å². The summed E-state index contributed by atoms with van der Waals surface area (Å²) in [7, 11) is -3.47. The second kappa shape index (κ2) is 4.57. The van der Waals surface area contributed by atoms with Crippen molar-refractivity contribution >= 4 is 10.0 Å². The average Bonchev–Trinajstić information content (AvgIpc) is 3.28. The van der Waals surface area contributed by atoms with Gasteiger partial charge in [0.15, 0.2) is 0 Å². The van der Waals surface area contributed by atoms with Gasteiger partial charge in [-0.25, -0.2) is 13.1 Å². The summed E-state index contributed by atoms with van der Waals surface area (Å²) >= 11 is 0. The van der Waals surface area contributed by atoms with Gasteiger partial charge in [0.05, 0.1) is 16.5 Å². The van der Waals surface area contributed by atoms with E-state index in [4.69, 9.17) is 5.26 Å². The predicted molar refractivity (Wildman–Crippen MR) is 75.5 cm³/mol. The Balaban J connectivity index is 1.75. The minimum absolute atomic E-state index is 0.245. The number of nitrogens with one attached hydrogen (secondary N) is 1. The van der Waals surface area contributed by atoms with Gasteiger partial charge < -0.3 is 0 Å². The molecule has 5 heteroatoms. The van der Waals surface area contributed by atoms with E-state index in [-0.39, 0.29) is 10.3 Å². The van der Waals surface area contributed by atoms with Crippen LogP contribution in [0.2, 0.25) is 0 Å². The standard InChI is InChI=1S/C15H18N2O2S/c1-11-8-14(5-2-12(11)9-16)20(18,19)17-10-15(6-7-15)13-3-4-13/h2,5,8,13,17H,3-4,6-7,10H2,1H3. The molecule has 1 aromatic carbocycles. The minimum atomic E-state index is -3.47. The first-order valence-corrected chi connectivity index (χ1v) is 8.46. The first kappa shape index (κ1) is 13.6. The third-order valence-corrected chi connectivity index (χ3v) is 5.98. The fourth-order valence-corrected chi connectivity index (χ4v) is 4.06. The van der Waals surface area contributed by atoms with E-state index in [1.807, 2.05) is 6.07 Å². The van der Waals surface area contributed by atoms with Crippen LogP contribution >= 0.6 is 0 Å². The molecule has 0 aliphatic heterocycles. The average molecular weight is 290 g/mol. The van der Waals surface area contributed by atoms with Crippen LogP contribution in [0.3, 0.4) is 0 Å². The van der Waals surface area contributed by atoms with Gasteiger partial charge in [-0.05, 0) is 67.7 Å². The molecule has 0 heterocycles. The minimum Gasteiger partial charge on any atom is -0.211 e. The van der Waals surface area contributed by atoms with E-state index in [0.717, 1.165) is 18.8 Å². The Hall–Kier alpha value is -1.38. The van der Waals surface area contributed by atoms with Crippen LogP contribution in [-0.2, 0) is 10.0 Å². The topological polar surface area (TPSA) is 70.0 Å². The Kier molecular flexibility index (Phi) is 3.11. The molecule has 106 valence electrons. The van der Waals surface area contributed by atoms with E-state index < -0.39 is 10.0 Å². The molecule has 0 unspecified atom stereocenters. The van der Waals surface area contributed by atoms with Crippen molar-refractivity contribution in [2.45, 2.75) is 37.5 Å². The van der Waals surface area contributed by atoms with E-state index in [1.54, 1.807) is 19.1 Å². The number of nitriles is 1. The normalized spacial score (nSPS) is 20.4. The molecule has 2 saturated carbocycles. The highest BCUT2D eigenvalue weighted by atomic mass is 32.2. The lowest BCUT2D eigenvalue weighted by atomic mass is 10.0. The molecule has 4 nitrogen and oxygen atoms in total. The van der Waals surface area contributed by atoms with Crippen molar-refractivity contribution in [3.8, 4) is 6.07 Å². The van der Waals surface area contributed by atoms with Gasteiger partial charge in [-0.15, -0.1) is 0 Å². The first-order chi connectivity index (χ1) is 9.47. The zero-order valence-corrected chi connectivity index (χ0v) is 12.3. The van der Waals surface area contributed by atoms with Crippen molar-refractivity contribution in [1.82, 2.24) is 4.72 Å². The van der Waals surface area contributed by atoms with Crippen molar-refractivity contribution < 1.29 is 8.42 Å². The number of aryl methyl sites for hydroxylation is 1. The molecule has 0 saturated heterocycles. The SMILES string of the molecule is Cc1cc(S(=O)(=O)NCC2(C3CC3)CC2)ccc1C#N. The molecule has 20 heavy (non-hydrogen) atoms. The number of hydrogen-bond donors (Lipinski definition) is 1. The van der Waals surface area contributed by atoms with Gasteiger partial charge in [0.2, 0.25) is 10.0 Å². The number of hydrogen-bond acceptors (Lipinski definition) is 3. The van der Waals surface area contributed by atoms with Crippen molar-refractivity contribution in [2.75, 3.05) is 6.54 Å². The summed E-state index contributed by atoms with van der Waals surface area (Å²) in [6, 6.07) is 6.69. The number of sulfonamides is 1. The summed E-state index contributed by atoms with van der Waals surface area (Å²) in [6.07, 6.45) is 4.79. The lowest BCUT2D eigenvalue weighted by Crippen LogP contribution is -2.31. The van der Waals surface area contributed by atoms with E-state index in [2.05, 4.69) is 4.72 Å². The highest BCUT2D eigenvalue weighted by molar-refractivity contribution is 7.89. The second-order valence-corrected chi connectivity index (χ2v) is 7.82. The monoisotopic (exact) mass is 290 g/mol. The molecule has 3 rings (SSSR count). The third-order valence-electron chi connectivity index (χ3n) is 4.58. The molecule has 1 N–H and O–H groups in total. The fourth-order valence-electron chi connectivity index (χ4n) is 2.84. The molecular formula is C15H18N2O2S. The van der Waals surface area contributed by atoms with E-state index in [1.165, 1.54) is 18.9 Å². The molecular weight excluding hydrogens is 272 g/mol. The van der Waals surface area contributed by atoms with Gasteiger partial charge in [-0.2, -0.15) is 5.26 Å². The third kappa shape index (κ3) is 2.46. The summed E-state index contributed by atoms with van der Waals surface area (Å²) in [5, 5.41) is 8.88. The highest BCUT2D eigenvalue weighted by Gasteiger charge is 2.53. The molecule has 0 amide bonds. The van der Waals surface area contributed by atoms with Gasteiger partial charge in [-0.3, -0.25) is 0 Å². The quantitative estimate of drug-likeness (QED) is 0.904. The Morgan fingerprint density at radius 3 is 2.60 bits per heavy atom. The van der Waals surface area contributed by atoms with Crippen molar-refractivity contribution in [3.05, 3.63) is 29.3 Å². The van der Waals surface area contributed by atoms with Crippen LogP contribution in [0.25, 0.3) is 0 Å².